The largest absolute Gasteiger partial charge is 0.311 e. The molecule has 0 radical (unpaired) electrons. The van der Waals surface area contributed by atoms with Crippen LogP contribution in [0.15, 0.2) is 18.2 Å². The lowest BCUT2D eigenvalue weighted by Gasteiger charge is -2.25. The van der Waals surface area contributed by atoms with Gasteiger partial charge in [-0.2, -0.15) is 5.10 Å². The Morgan fingerprint density at radius 1 is 1.32 bits per heavy atom. The molecule has 2 aromatic rings. The van der Waals surface area contributed by atoms with Crippen molar-refractivity contribution < 1.29 is 4.79 Å². The van der Waals surface area contributed by atoms with Gasteiger partial charge in [-0.05, 0) is 24.5 Å². The summed E-state index contributed by atoms with van der Waals surface area (Å²) in [5, 5.41) is 8.64. The first-order valence-corrected chi connectivity index (χ1v) is 8.12. The molecule has 2 aliphatic rings. The zero-order valence-corrected chi connectivity index (χ0v) is 13.6. The Bertz CT molecular complexity index is 780. The van der Waals surface area contributed by atoms with E-state index >= 15 is 0 Å². The number of carbonyl (C=O) groups is 1. The highest BCUT2D eigenvalue weighted by Crippen LogP contribution is 2.49. The summed E-state index contributed by atoms with van der Waals surface area (Å²) in [5.41, 5.74) is 3.10. The molecule has 1 atom stereocenters. The highest BCUT2D eigenvalue weighted by atomic mass is 35.5. The van der Waals surface area contributed by atoms with E-state index in [2.05, 4.69) is 10.4 Å². The first kappa shape index (κ1) is 14.1. The van der Waals surface area contributed by atoms with Gasteiger partial charge in [-0.3, -0.25) is 9.48 Å². The van der Waals surface area contributed by atoms with Crippen molar-refractivity contribution in [1.82, 2.24) is 9.78 Å². The Kier molecular flexibility index (Phi) is 3.20. The third kappa shape index (κ3) is 2.13. The summed E-state index contributed by atoms with van der Waals surface area (Å²) < 4.78 is 1.77. The minimum absolute atomic E-state index is 0.0149. The van der Waals surface area contributed by atoms with Gasteiger partial charge in [0.2, 0.25) is 5.91 Å². The quantitative estimate of drug-likeness (QED) is 0.898. The van der Waals surface area contributed by atoms with Crippen LogP contribution >= 0.6 is 23.2 Å². The Morgan fingerprint density at radius 3 is 2.82 bits per heavy atom. The smallest absolute Gasteiger partial charge is 0.226 e. The summed E-state index contributed by atoms with van der Waals surface area (Å²) >= 11 is 12.6. The minimum Gasteiger partial charge on any atom is -0.311 e. The number of carbonyl (C=O) groups excluding carboxylic acids is 1. The lowest BCUT2D eigenvalue weighted by atomic mass is 9.85. The number of hydrogen-bond donors (Lipinski definition) is 1. The number of fused-ring (bicyclic) bond motifs is 1. The molecule has 4 rings (SSSR count). The van der Waals surface area contributed by atoms with Crippen molar-refractivity contribution >= 4 is 34.9 Å². The standard InChI is InChI=1S/C16H15Cl2N3O/c1-21-16-13(15(20-21)8-5-6-8)10(7-12(22)19-16)9-3-2-4-11(17)14(9)18/h2-4,8,10H,5-7H2,1H3,(H,19,22)/t10-/m0/s1. The molecule has 0 bridgehead atoms. The molecule has 1 amide bonds. The first-order valence-electron chi connectivity index (χ1n) is 7.36. The van der Waals surface area contributed by atoms with E-state index in [1.165, 1.54) is 0 Å². The first-order chi connectivity index (χ1) is 10.6. The number of halogens is 2. The van der Waals surface area contributed by atoms with Crippen LogP contribution in [0.2, 0.25) is 10.0 Å². The maximum absolute atomic E-state index is 12.1. The number of aryl methyl sites for hydroxylation is 1. The van der Waals surface area contributed by atoms with Crippen molar-refractivity contribution in [3.8, 4) is 0 Å². The monoisotopic (exact) mass is 335 g/mol. The van der Waals surface area contributed by atoms with Crippen molar-refractivity contribution in [1.29, 1.82) is 0 Å². The molecule has 1 aliphatic heterocycles. The van der Waals surface area contributed by atoms with E-state index in [1.807, 2.05) is 19.2 Å². The number of nitrogens with zero attached hydrogens (tertiary/aromatic N) is 2. The molecular formula is C16H15Cl2N3O. The summed E-state index contributed by atoms with van der Waals surface area (Å²) in [6, 6.07) is 5.59. The summed E-state index contributed by atoms with van der Waals surface area (Å²) in [5.74, 6) is 1.20. The predicted octanol–water partition coefficient (Wildman–Crippen LogP) is 4.08. The van der Waals surface area contributed by atoms with Gasteiger partial charge in [0.05, 0.1) is 15.7 Å². The molecule has 22 heavy (non-hydrogen) atoms. The Labute approximate surface area is 138 Å². The van der Waals surface area contributed by atoms with Gasteiger partial charge < -0.3 is 5.32 Å². The molecule has 2 heterocycles. The average Bonchev–Trinajstić information content (AvgIpc) is 3.27. The second kappa shape index (κ2) is 5.00. The van der Waals surface area contributed by atoms with Gasteiger partial charge in [0.25, 0.3) is 0 Å². The van der Waals surface area contributed by atoms with E-state index in [-0.39, 0.29) is 11.8 Å². The average molecular weight is 336 g/mol. The lowest BCUT2D eigenvalue weighted by Crippen LogP contribution is -2.25. The van der Waals surface area contributed by atoms with Crippen molar-refractivity contribution in [3.05, 3.63) is 45.1 Å². The predicted molar refractivity (Wildman–Crippen MR) is 86.7 cm³/mol. The summed E-state index contributed by atoms with van der Waals surface area (Å²) in [6.45, 7) is 0. The van der Waals surface area contributed by atoms with Gasteiger partial charge in [0.15, 0.2) is 0 Å². The Hall–Kier alpha value is -1.52. The number of hydrogen-bond acceptors (Lipinski definition) is 2. The zero-order chi connectivity index (χ0) is 15.4. The van der Waals surface area contributed by atoms with Crippen molar-refractivity contribution in [2.24, 2.45) is 7.05 Å². The van der Waals surface area contributed by atoms with Crippen LogP contribution in [0.3, 0.4) is 0 Å². The van der Waals surface area contributed by atoms with E-state index in [0.717, 1.165) is 35.5 Å². The molecule has 1 aromatic carbocycles. The number of rotatable bonds is 2. The number of aromatic nitrogens is 2. The van der Waals surface area contributed by atoms with Gasteiger partial charge in [-0.15, -0.1) is 0 Å². The summed E-state index contributed by atoms with van der Waals surface area (Å²) in [7, 11) is 1.87. The lowest BCUT2D eigenvalue weighted by molar-refractivity contribution is -0.116. The van der Waals surface area contributed by atoms with Gasteiger partial charge in [0.1, 0.15) is 5.82 Å². The van der Waals surface area contributed by atoms with Crippen LogP contribution in [-0.4, -0.2) is 15.7 Å². The normalized spacial score (nSPS) is 20.7. The second-order valence-corrected chi connectivity index (χ2v) is 6.78. The Morgan fingerprint density at radius 2 is 2.09 bits per heavy atom. The number of benzene rings is 1. The fourth-order valence-electron chi connectivity index (χ4n) is 3.24. The molecule has 1 N–H and O–H groups in total. The summed E-state index contributed by atoms with van der Waals surface area (Å²) in [4.78, 5) is 12.1. The van der Waals surface area contributed by atoms with E-state index in [4.69, 9.17) is 23.2 Å². The maximum Gasteiger partial charge on any atom is 0.226 e. The van der Waals surface area contributed by atoms with E-state index in [9.17, 15) is 4.79 Å². The molecule has 0 unspecified atom stereocenters. The van der Waals surface area contributed by atoms with Gasteiger partial charge in [0, 0.05) is 30.9 Å². The minimum atomic E-state index is -0.0840. The molecule has 1 aromatic heterocycles. The highest BCUT2D eigenvalue weighted by molar-refractivity contribution is 6.42. The van der Waals surface area contributed by atoms with Gasteiger partial charge in [-0.25, -0.2) is 0 Å². The van der Waals surface area contributed by atoms with Crippen LogP contribution < -0.4 is 5.32 Å². The van der Waals surface area contributed by atoms with Crippen molar-refractivity contribution in [2.75, 3.05) is 5.32 Å². The van der Waals surface area contributed by atoms with Crippen LogP contribution in [0, 0.1) is 0 Å². The molecule has 1 fully saturated rings. The van der Waals surface area contributed by atoms with E-state index < -0.39 is 0 Å². The second-order valence-electron chi connectivity index (χ2n) is 5.99. The van der Waals surface area contributed by atoms with E-state index in [1.54, 1.807) is 10.7 Å². The molecule has 114 valence electrons. The maximum atomic E-state index is 12.1. The molecular weight excluding hydrogens is 321 g/mol. The number of amides is 1. The molecule has 6 heteroatoms. The molecule has 0 saturated heterocycles. The van der Waals surface area contributed by atoms with Crippen LogP contribution in [-0.2, 0) is 11.8 Å². The van der Waals surface area contributed by atoms with Crippen molar-refractivity contribution in [3.63, 3.8) is 0 Å². The zero-order valence-electron chi connectivity index (χ0n) is 12.1. The molecule has 1 saturated carbocycles. The summed E-state index contributed by atoms with van der Waals surface area (Å²) in [6.07, 6.45) is 2.69. The van der Waals surface area contributed by atoms with Crippen LogP contribution in [0.25, 0.3) is 0 Å². The third-order valence-electron chi connectivity index (χ3n) is 4.43. The molecule has 1 aliphatic carbocycles. The fourth-order valence-corrected chi connectivity index (χ4v) is 3.68. The number of nitrogens with one attached hydrogen (secondary N) is 1. The van der Waals surface area contributed by atoms with Crippen LogP contribution in [0.4, 0.5) is 5.82 Å². The van der Waals surface area contributed by atoms with Gasteiger partial charge >= 0.3 is 0 Å². The van der Waals surface area contributed by atoms with Gasteiger partial charge in [-0.1, -0.05) is 35.3 Å². The van der Waals surface area contributed by atoms with Crippen molar-refractivity contribution in [2.45, 2.75) is 31.1 Å². The fraction of sp³-hybridized carbons (Fsp3) is 0.375. The van der Waals surface area contributed by atoms with E-state index in [0.29, 0.717) is 22.4 Å². The highest BCUT2D eigenvalue weighted by Gasteiger charge is 2.39. The van der Waals surface area contributed by atoms with Crippen LogP contribution in [0.5, 0.6) is 0 Å². The Balaban J connectivity index is 1.91. The van der Waals surface area contributed by atoms with Crippen LogP contribution in [0.1, 0.15) is 47.9 Å². The third-order valence-corrected chi connectivity index (χ3v) is 5.26. The SMILES string of the molecule is Cn1nc(C2CC2)c2c1NC(=O)C[C@H]2c1cccc(Cl)c1Cl. The molecule has 0 spiro atoms. The topological polar surface area (TPSA) is 46.9 Å². The molecule has 4 nitrogen and oxygen atoms in total. The number of anilines is 1.